The lowest BCUT2D eigenvalue weighted by Crippen LogP contribution is -2.11. The Kier molecular flexibility index (Phi) is 6.65. The number of pyridine rings is 1. The molecule has 0 fully saturated rings. The number of hydrogen-bond acceptors (Lipinski definition) is 4. The second-order valence-corrected chi connectivity index (χ2v) is 9.18. The molecule has 176 valence electrons. The van der Waals surface area contributed by atoms with Crippen molar-refractivity contribution in [1.29, 1.82) is 0 Å². The smallest absolute Gasteiger partial charge is 0.416 e. The predicted molar refractivity (Wildman–Crippen MR) is 125 cm³/mol. The highest BCUT2D eigenvalue weighted by atomic mass is 32.2. The van der Waals surface area contributed by atoms with E-state index < -0.39 is 23.0 Å². The maximum Gasteiger partial charge on any atom is 0.416 e. The second-order valence-electron chi connectivity index (χ2n) is 8.00. The van der Waals surface area contributed by atoms with Crippen molar-refractivity contribution < 1.29 is 23.1 Å². The van der Waals surface area contributed by atoms with Crippen LogP contribution in [-0.4, -0.2) is 26.0 Å². The van der Waals surface area contributed by atoms with E-state index in [4.69, 9.17) is 5.11 Å². The summed E-state index contributed by atoms with van der Waals surface area (Å²) in [5.74, 6) is -0.862. The number of alkyl halides is 3. The van der Waals surface area contributed by atoms with Gasteiger partial charge in [0.1, 0.15) is 0 Å². The van der Waals surface area contributed by atoms with Crippen molar-refractivity contribution in [3.63, 3.8) is 0 Å². The third kappa shape index (κ3) is 4.94. The molecule has 0 saturated heterocycles. The van der Waals surface area contributed by atoms with E-state index in [-0.39, 0.29) is 12.0 Å². The summed E-state index contributed by atoms with van der Waals surface area (Å²) < 4.78 is 41.0. The second kappa shape index (κ2) is 9.50. The van der Waals surface area contributed by atoms with Gasteiger partial charge in [-0.15, -0.1) is 11.8 Å². The number of fused-ring (bicyclic) bond motifs is 1. The summed E-state index contributed by atoms with van der Waals surface area (Å²) in [6.45, 7) is 3.41. The van der Waals surface area contributed by atoms with Crippen LogP contribution in [0.4, 0.5) is 13.2 Å². The molecule has 5 nitrogen and oxygen atoms in total. The van der Waals surface area contributed by atoms with Gasteiger partial charge in [0.05, 0.1) is 22.7 Å². The van der Waals surface area contributed by atoms with Crippen LogP contribution >= 0.6 is 11.8 Å². The third-order valence-electron chi connectivity index (χ3n) is 5.78. The van der Waals surface area contributed by atoms with Crippen LogP contribution < -0.4 is 0 Å². The largest absolute Gasteiger partial charge is 0.481 e. The number of imidazole rings is 1. The minimum absolute atomic E-state index is 0.0359. The topological polar surface area (TPSA) is 78.9 Å². The van der Waals surface area contributed by atoms with E-state index in [1.54, 1.807) is 18.3 Å². The van der Waals surface area contributed by atoms with Gasteiger partial charge in [0.15, 0.2) is 5.65 Å². The Balaban J connectivity index is 1.80. The highest BCUT2D eigenvalue weighted by molar-refractivity contribution is 7.99. The fourth-order valence-corrected chi connectivity index (χ4v) is 5.40. The molecule has 2 N–H and O–H groups in total. The fourth-order valence-electron chi connectivity index (χ4n) is 4.03. The number of thioether (sulfide) groups is 1. The normalized spacial score (nSPS) is 12.7. The summed E-state index contributed by atoms with van der Waals surface area (Å²) in [5.41, 5.74) is 3.87. The summed E-state index contributed by atoms with van der Waals surface area (Å²) in [6, 6.07) is 11.8. The zero-order valence-electron chi connectivity index (χ0n) is 18.5. The first-order valence-electron chi connectivity index (χ1n) is 10.6. The van der Waals surface area contributed by atoms with Crippen LogP contribution in [0.5, 0.6) is 0 Å². The highest BCUT2D eigenvalue weighted by Gasteiger charge is 2.34. The minimum atomic E-state index is -4.46. The number of halogens is 3. The molecule has 2 aromatic heterocycles. The number of carboxylic acids is 1. The lowest BCUT2D eigenvalue weighted by atomic mass is 9.96. The number of aliphatic carboxylic acids is 1. The van der Waals surface area contributed by atoms with Crippen molar-refractivity contribution in [2.45, 2.75) is 43.0 Å². The van der Waals surface area contributed by atoms with E-state index in [2.05, 4.69) is 15.0 Å². The van der Waals surface area contributed by atoms with Gasteiger partial charge in [-0.3, -0.25) is 4.79 Å². The molecule has 0 spiro atoms. The van der Waals surface area contributed by atoms with E-state index in [1.807, 2.05) is 25.1 Å². The zero-order valence-corrected chi connectivity index (χ0v) is 19.3. The third-order valence-corrected chi connectivity index (χ3v) is 7.05. The maximum absolute atomic E-state index is 13.7. The van der Waals surface area contributed by atoms with Crippen molar-refractivity contribution >= 4 is 28.9 Å². The Labute approximate surface area is 198 Å². The number of H-pyrrole nitrogens is 1. The predicted octanol–water partition coefficient (Wildman–Crippen LogP) is 6.49. The van der Waals surface area contributed by atoms with Crippen LogP contribution in [0.2, 0.25) is 0 Å². The van der Waals surface area contributed by atoms with E-state index in [9.17, 15) is 18.0 Å². The van der Waals surface area contributed by atoms with Crippen molar-refractivity contribution in [3.8, 4) is 0 Å². The average molecular weight is 486 g/mol. The molecule has 9 heteroatoms. The Bertz CT molecular complexity index is 1350. The summed E-state index contributed by atoms with van der Waals surface area (Å²) in [6.07, 6.45) is -0.882. The maximum atomic E-state index is 13.7. The Hall–Kier alpha value is -3.33. The van der Waals surface area contributed by atoms with Gasteiger partial charge in [0.25, 0.3) is 0 Å². The van der Waals surface area contributed by atoms with Crippen LogP contribution in [0, 0.1) is 13.8 Å². The van der Waals surface area contributed by atoms with E-state index in [1.165, 1.54) is 31.1 Å². The molecule has 1 unspecified atom stereocenters. The number of nitrogens with one attached hydrogen (secondary N) is 1. The van der Waals surface area contributed by atoms with E-state index in [0.717, 1.165) is 27.7 Å². The number of benzene rings is 2. The molecular weight excluding hydrogens is 463 g/mol. The molecule has 2 aromatic carbocycles. The quantitative estimate of drug-likeness (QED) is 0.293. The highest BCUT2D eigenvalue weighted by Crippen LogP contribution is 2.45. The monoisotopic (exact) mass is 485 g/mol. The van der Waals surface area contributed by atoms with Gasteiger partial charge in [0.2, 0.25) is 0 Å². The van der Waals surface area contributed by atoms with Crippen molar-refractivity contribution in [2.24, 2.45) is 0 Å². The van der Waals surface area contributed by atoms with Gasteiger partial charge in [-0.25, -0.2) is 9.97 Å². The molecule has 0 bridgehead atoms. The number of aromatic amines is 1. The molecule has 2 heterocycles. The van der Waals surface area contributed by atoms with Crippen LogP contribution in [0.15, 0.2) is 59.9 Å². The van der Waals surface area contributed by atoms with Crippen LogP contribution in [0.3, 0.4) is 0 Å². The zero-order chi connectivity index (χ0) is 24.5. The summed E-state index contributed by atoms with van der Waals surface area (Å²) in [5, 5.41) is 8.51. The van der Waals surface area contributed by atoms with Gasteiger partial charge < -0.3 is 10.1 Å². The number of aryl methyl sites for hydroxylation is 2. The van der Waals surface area contributed by atoms with Gasteiger partial charge in [-0.05, 0) is 72.4 Å². The number of aromatic nitrogens is 3. The molecule has 0 saturated carbocycles. The first kappa shape index (κ1) is 23.8. The van der Waals surface area contributed by atoms with E-state index in [0.29, 0.717) is 23.1 Å². The standard InChI is InChI=1S/C25H22F3N3O2S/c1-14-12-17(8-6-16(14)7-9-21(32)33)34-23(19-10-11-29-24-22(19)30-13-31-24)18-4-3-5-20(15(18)2)25(26,27)28/h3-6,8,10-13,23H,7,9H2,1-2H3,(H,32,33)(H,29,30,31). The van der Waals surface area contributed by atoms with Gasteiger partial charge in [-0.2, -0.15) is 13.2 Å². The fraction of sp³-hybridized carbons (Fsp3) is 0.240. The summed E-state index contributed by atoms with van der Waals surface area (Å²) in [7, 11) is 0. The molecule has 0 aliphatic carbocycles. The molecular formula is C25H22F3N3O2S. The average Bonchev–Trinajstić information content (AvgIpc) is 3.25. The van der Waals surface area contributed by atoms with Crippen molar-refractivity contribution in [2.75, 3.05) is 0 Å². The minimum Gasteiger partial charge on any atom is -0.481 e. The number of carbonyl (C=O) groups is 1. The number of hydrogen-bond donors (Lipinski definition) is 2. The number of nitrogens with zero attached hydrogens (tertiary/aromatic N) is 2. The first-order chi connectivity index (χ1) is 16.1. The molecule has 1 atom stereocenters. The van der Waals surface area contributed by atoms with E-state index >= 15 is 0 Å². The number of rotatable bonds is 7. The molecule has 0 aliphatic heterocycles. The molecule has 0 radical (unpaired) electrons. The van der Waals surface area contributed by atoms with Gasteiger partial charge in [-0.1, -0.05) is 18.2 Å². The molecule has 34 heavy (non-hydrogen) atoms. The molecule has 4 rings (SSSR count). The Morgan fingerprint density at radius 3 is 2.62 bits per heavy atom. The van der Waals surface area contributed by atoms with Crippen molar-refractivity contribution in [3.05, 3.63) is 88.4 Å². The number of carboxylic acid groups (broad SMARTS) is 1. The Morgan fingerprint density at radius 1 is 1.12 bits per heavy atom. The van der Waals surface area contributed by atoms with Gasteiger partial charge >= 0.3 is 12.1 Å². The Morgan fingerprint density at radius 2 is 1.91 bits per heavy atom. The lowest BCUT2D eigenvalue weighted by Gasteiger charge is -2.23. The lowest BCUT2D eigenvalue weighted by molar-refractivity contribution is -0.138. The molecule has 4 aromatic rings. The van der Waals surface area contributed by atoms with Crippen LogP contribution in [0.25, 0.3) is 11.2 Å². The molecule has 0 aliphatic rings. The summed E-state index contributed by atoms with van der Waals surface area (Å²) in [4.78, 5) is 23.3. The van der Waals surface area contributed by atoms with Gasteiger partial charge in [0, 0.05) is 17.5 Å². The first-order valence-corrected chi connectivity index (χ1v) is 11.5. The van der Waals surface area contributed by atoms with Crippen LogP contribution in [0.1, 0.15) is 45.1 Å². The summed E-state index contributed by atoms with van der Waals surface area (Å²) >= 11 is 1.43. The SMILES string of the molecule is Cc1cc(SC(c2cccc(C(F)(F)F)c2C)c2ccnc3nc[nH]c23)ccc1CCC(=O)O. The van der Waals surface area contributed by atoms with Crippen LogP contribution in [-0.2, 0) is 17.4 Å². The molecule has 0 amide bonds. The van der Waals surface area contributed by atoms with Crippen molar-refractivity contribution in [1.82, 2.24) is 15.0 Å².